The average Bonchev–Trinajstić information content (AvgIpc) is 2.75. The lowest BCUT2D eigenvalue weighted by molar-refractivity contribution is 0.128. The largest absolute Gasteiger partial charge is 0.741 e. The van der Waals surface area contributed by atoms with E-state index in [9.17, 15) is 18.6 Å². The molecule has 3 rings (SSSR count). The van der Waals surface area contributed by atoms with E-state index in [2.05, 4.69) is 13.0 Å². The van der Waals surface area contributed by atoms with E-state index < -0.39 is 32.5 Å². The highest BCUT2D eigenvalue weighted by molar-refractivity contribution is 7.67. The fraction of sp³-hybridized carbons (Fsp3) is 0.100. The van der Waals surface area contributed by atoms with Gasteiger partial charge < -0.3 is 42.5 Å². The minimum Gasteiger partial charge on any atom is -0.480 e. The number of aryl methyl sites for hydroxylation is 2. The van der Waals surface area contributed by atoms with Crippen LogP contribution in [0.2, 0.25) is 0 Å². The van der Waals surface area contributed by atoms with Crippen molar-refractivity contribution in [1.29, 1.82) is 0 Å². The highest BCUT2D eigenvalue weighted by atomic mass is 31.3. The van der Waals surface area contributed by atoms with E-state index in [1.807, 2.05) is 0 Å². The summed E-state index contributed by atoms with van der Waals surface area (Å²) in [5.41, 5.74) is 1.71. The first-order valence-corrected chi connectivity index (χ1v) is 16.5. The van der Waals surface area contributed by atoms with E-state index in [-0.39, 0.29) is 17.2 Å². The summed E-state index contributed by atoms with van der Waals surface area (Å²) in [6.07, 6.45) is 0. The Balaban J connectivity index is 0.000000384. The highest BCUT2D eigenvalue weighted by Gasteiger charge is 2.45. The van der Waals surface area contributed by atoms with Gasteiger partial charge in [-0.2, -0.15) is 8.62 Å². The van der Waals surface area contributed by atoms with Gasteiger partial charge in [-0.05, 0) is 50.2 Å². The van der Waals surface area contributed by atoms with Gasteiger partial charge in [0.05, 0.1) is 0 Å². The Hall–Kier alpha value is -2.35. The van der Waals surface area contributed by atoms with E-state index in [0.717, 1.165) is 11.1 Å². The zero-order valence-electron chi connectivity index (χ0n) is 19.8. The van der Waals surface area contributed by atoms with Gasteiger partial charge >= 0.3 is 32.5 Å². The van der Waals surface area contributed by atoms with Gasteiger partial charge in [0.15, 0.2) is 0 Å². The Bertz CT molecular complexity index is 1260. The van der Waals surface area contributed by atoms with E-state index in [4.69, 9.17) is 33.2 Å². The van der Waals surface area contributed by atoms with E-state index >= 15 is 0 Å². The molecular formula is C20H25O14P3Si. The van der Waals surface area contributed by atoms with Crippen LogP contribution in [0.25, 0.3) is 0 Å². The van der Waals surface area contributed by atoms with E-state index in [1.165, 1.54) is 36.4 Å². The van der Waals surface area contributed by atoms with Gasteiger partial charge in [0.1, 0.15) is 17.2 Å². The second kappa shape index (κ2) is 13.1. The van der Waals surface area contributed by atoms with Crippen molar-refractivity contribution in [3.8, 4) is 17.2 Å². The summed E-state index contributed by atoms with van der Waals surface area (Å²) in [6, 6.07) is 20.1. The third-order valence-electron chi connectivity index (χ3n) is 3.89. The lowest BCUT2D eigenvalue weighted by Gasteiger charge is -2.21. The Morgan fingerprint density at radius 2 is 1.03 bits per heavy atom. The molecule has 0 amide bonds. The molecule has 18 heteroatoms. The smallest absolute Gasteiger partial charge is 0.480 e. The van der Waals surface area contributed by atoms with E-state index in [0.29, 0.717) is 0 Å². The predicted molar refractivity (Wildman–Crippen MR) is 135 cm³/mol. The molecule has 0 bridgehead atoms. The fourth-order valence-corrected chi connectivity index (χ4v) is 6.42. The minimum atomic E-state index is -5.50. The molecule has 1 unspecified atom stereocenters. The quantitative estimate of drug-likeness (QED) is 0.143. The lowest BCUT2D eigenvalue weighted by Crippen LogP contribution is -2.42. The van der Waals surface area contributed by atoms with Crippen molar-refractivity contribution in [3.63, 3.8) is 0 Å². The first-order chi connectivity index (χ1) is 17.4. The normalized spacial score (nSPS) is 13.5. The average molecular weight is 610 g/mol. The molecule has 6 N–H and O–H groups in total. The molecular weight excluding hydrogens is 585 g/mol. The zero-order chi connectivity index (χ0) is 28.6. The first-order valence-electron chi connectivity index (χ1n) is 10.3. The maximum atomic E-state index is 12.9. The molecule has 0 saturated heterocycles. The van der Waals surface area contributed by atoms with Crippen molar-refractivity contribution in [3.05, 3.63) is 90.0 Å². The van der Waals surface area contributed by atoms with Crippen LogP contribution < -0.4 is 13.5 Å². The number of hydrogen-bond acceptors (Lipinski definition) is 11. The SMILES string of the molecule is Cc1ccc(OP(=O)(Oc2ccc(C)cc2)OP(=O)(O)OP(=O)(O)O)cc1.O[Si](O)(O)Oc1ccccc1. The van der Waals surface area contributed by atoms with Crippen LogP contribution in [0.4, 0.5) is 0 Å². The van der Waals surface area contributed by atoms with Gasteiger partial charge in [-0.1, -0.05) is 53.6 Å². The van der Waals surface area contributed by atoms with Crippen molar-refractivity contribution in [2.24, 2.45) is 0 Å². The van der Waals surface area contributed by atoms with Crippen LogP contribution in [0.5, 0.6) is 17.2 Å². The molecule has 0 aliphatic heterocycles. The summed E-state index contributed by atoms with van der Waals surface area (Å²) in [6.45, 7) is 3.58. The van der Waals surface area contributed by atoms with Crippen molar-refractivity contribution in [2.75, 3.05) is 0 Å². The molecule has 0 aromatic heterocycles. The molecule has 38 heavy (non-hydrogen) atoms. The number of phosphoric acid groups is 3. The summed E-state index contributed by atoms with van der Waals surface area (Å²) in [5, 5.41) is 0. The fourth-order valence-electron chi connectivity index (χ4n) is 2.43. The van der Waals surface area contributed by atoms with Crippen molar-refractivity contribution >= 4 is 32.5 Å². The molecule has 1 atom stereocenters. The molecule has 0 radical (unpaired) electrons. The lowest BCUT2D eigenvalue weighted by atomic mass is 10.2. The Morgan fingerprint density at radius 3 is 1.39 bits per heavy atom. The van der Waals surface area contributed by atoms with Crippen LogP contribution >= 0.6 is 23.5 Å². The summed E-state index contributed by atoms with van der Waals surface area (Å²) >= 11 is 0. The first kappa shape index (κ1) is 31.9. The summed E-state index contributed by atoms with van der Waals surface area (Å²) in [4.78, 5) is 52.4. The third kappa shape index (κ3) is 12.9. The van der Waals surface area contributed by atoms with Crippen LogP contribution in [-0.2, 0) is 22.3 Å². The van der Waals surface area contributed by atoms with Crippen molar-refractivity contribution in [2.45, 2.75) is 13.8 Å². The monoisotopic (exact) mass is 610 g/mol. The Labute approximate surface area is 218 Å². The molecule has 3 aromatic carbocycles. The summed E-state index contributed by atoms with van der Waals surface area (Å²) in [7, 11) is -20.2. The van der Waals surface area contributed by atoms with Gasteiger partial charge in [-0.3, -0.25) is 0 Å². The Kier molecular flexibility index (Phi) is 11.0. The van der Waals surface area contributed by atoms with Crippen molar-refractivity contribution < 1.29 is 64.9 Å². The third-order valence-corrected chi connectivity index (χ3v) is 8.57. The highest BCUT2D eigenvalue weighted by Crippen LogP contribution is 2.67. The number of hydrogen-bond donors (Lipinski definition) is 6. The van der Waals surface area contributed by atoms with Gasteiger partial charge in [-0.25, -0.2) is 13.7 Å². The molecule has 208 valence electrons. The minimum absolute atomic E-state index is 0.0350. The summed E-state index contributed by atoms with van der Waals surface area (Å²) in [5.74, 6) is 0.172. The number of phosphoric ester groups is 1. The number of rotatable bonds is 10. The van der Waals surface area contributed by atoms with Crippen LogP contribution in [-0.4, -0.2) is 38.1 Å². The molecule has 0 heterocycles. The van der Waals surface area contributed by atoms with Crippen molar-refractivity contribution in [1.82, 2.24) is 0 Å². The summed E-state index contributed by atoms with van der Waals surface area (Å²) < 4.78 is 58.1. The molecule has 0 aliphatic carbocycles. The second-order valence-corrected chi connectivity index (χ2v) is 13.2. The van der Waals surface area contributed by atoms with Crippen LogP contribution in [0.3, 0.4) is 0 Å². The Morgan fingerprint density at radius 1 is 0.605 bits per heavy atom. The zero-order valence-corrected chi connectivity index (χ0v) is 23.5. The molecule has 0 aliphatic rings. The predicted octanol–water partition coefficient (Wildman–Crippen LogP) is 3.57. The van der Waals surface area contributed by atoms with Gasteiger partial charge in [0.2, 0.25) is 0 Å². The van der Waals surface area contributed by atoms with Crippen LogP contribution in [0.15, 0.2) is 78.9 Å². The maximum absolute atomic E-state index is 12.9. The molecule has 0 spiro atoms. The van der Waals surface area contributed by atoms with Gasteiger partial charge in [0.25, 0.3) is 0 Å². The topological polar surface area (TPSA) is 219 Å². The molecule has 3 aromatic rings. The van der Waals surface area contributed by atoms with Crippen LogP contribution in [0, 0.1) is 13.8 Å². The molecule has 0 saturated carbocycles. The van der Waals surface area contributed by atoms with Crippen LogP contribution in [0.1, 0.15) is 11.1 Å². The maximum Gasteiger partial charge on any atom is 0.741 e. The molecule has 0 fully saturated rings. The second-order valence-electron chi connectivity index (χ2n) is 7.37. The van der Waals surface area contributed by atoms with Gasteiger partial charge in [-0.15, -0.1) is 0 Å². The number of para-hydroxylation sites is 1. The standard InChI is InChI=1S/C14H17O10P3.C6H8O4Si/c1-11-3-7-13(8-4-11)21-27(20,22-14-9-5-12(2)6-10-14)24-26(18,19)23-25(15,16)17;7-11(8,9)10-6-4-2-1-3-5-6/h3-10H,1-2H3,(H,18,19)(H2,15,16,17);1-5,7-9H. The van der Waals surface area contributed by atoms with Gasteiger partial charge in [0, 0.05) is 0 Å². The van der Waals surface area contributed by atoms with E-state index in [1.54, 1.807) is 56.3 Å². The molecule has 14 nitrogen and oxygen atoms in total. The number of benzene rings is 3.